The number of rotatable bonds is 8. The lowest BCUT2D eigenvalue weighted by molar-refractivity contribution is -0.137. The Hall–Kier alpha value is -3.56. The van der Waals surface area contributed by atoms with Gasteiger partial charge in [0.15, 0.2) is 6.79 Å². The van der Waals surface area contributed by atoms with Crippen molar-refractivity contribution >= 4 is 51.5 Å². The maximum Gasteiger partial charge on any atom is 0.416 e. The summed E-state index contributed by atoms with van der Waals surface area (Å²) in [7, 11) is -1.37. The molecule has 4 heterocycles. The Morgan fingerprint density at radius 3 is 2.64 bits per heavy atom. The first-order valence-corrected chi connectivity index (χ1v) is 16.8. The van der Waals surface area contributed by atoms with Gasteiger partial charge in [0.1, 0.15) is 29.5 Å². The largest absolute Gasteiger partial charge is 0.456 e. The monoisotopic (exact) mass is 664 g/mol. The maximum atomic E-state index is 13.6. The molecule has 6 rings (SSSR count). The van der Waals surface area contributed by atoms with Gasteiger partial charge >= 0.3 is 6.18 Å². The number of carbonyl (C=O) groups is 1. The number of hydrogen-bond donors (Lipinski definition) is 2. The highest BCUT2D eigenvalue weighted by Gasteiger charge is 2.31. The van der Waals surface area contributed by atoms with Crippen LogP contribution >= 0.6 is 22.2 Å². The smallest absolute Gasteiger partial charge is 0.416 e. The number of carbonyl (C=O) groups excluding carboxylic acids is 1. The van der Waals surface area contributed by atoms with Crippen LogP contribution in [0, 0.1) is 0 Å². The van der Waals surface area contributed by atoms with Crippen molar-refractivity contribution in [2.24, 2.45) is 0 Å². The summed E-state index contributed by atoms with van der Waals surface area (Å²) in [5.41, 5.74) is 1.03. The number of aromatic nitrogens is 2. The second-order valence-corrected chi connectivity index (χ2v) is 14.0. The summed E-state index contributed by atoms with van der Waals surface area (Å²) >= 11 is 6.45. The highest BCUT2D eigenvalue weighted by Crippen LogP contribution is 2.53. The van der Waals surface area contributed by atoms with E-state index in [-0.39, 0.29) is 22.4 Å². The standard InChI is InChI=1S/C30H32ClF3N6O4S/c1-45(42-19-43-45)14-13-39-9-11-40(12-10-39)29(41)20-7-8-35-27-24(15-20)28(37-18-36-27)38-22-5-6-26(25(31)17-22)44-23-4-2-3-21(16-23)30(32,33)34/h2-6,15-18H,7-14,19H2,1H3,(H2,35,36,37,38). The van der Waals surface area contributed by atoms with Crippen molar-refractivity contribution in [3.05, 3.63) is 70.5 Å². The Balaban J connectivity index is 1.13. The lowest BCUT2D eigenvalue weighted by Gasteiger charge is -2.48. The van der Waals surface area contributed by atoms with Crippen molar-refractivity contribution < 1.29 is 31.1 Å². The number of anilines is 3. The number of piperazine rings is 1. The van der Waals surface area contributed by atoms with Crippen molar-refractivity contribution in [1.82, 2.24) is 19.8 Å². The zero-order valence-corrected chi connectivity index (χ0v) is 26.0. The summed E-state index contributed by atoms with van der Waals surface area (Å²) in [5.74, 6) is 2.10. The van der Waals surface area contributed by atoms with Gasteiger partial charge in [-0.05, 0) is 48.9 Å². The fourth-order valence-electron chi connectivity index (χ4n) is 5.17. The lowest BCUT2D eigenvalue weighted by atomic mass is 10.1. The van der Waals surface area contributed by atoms with Crippen LogP contribution in [0.5, 0.6) is 11.5 Å². The number of hydrogen-bond acceptors (Lipinski definition) is 9. The van der Waals surface area contributed by atoms with Gasteiger partial charge in [0.2, 0.25) is 5.91 Å². The number of amides is 1. The summed E-state index contributed by atoms with van der Waals surface area (Å²) in [6, 6.07) is 9.40. The van der Waals surface area contributed by atoms with Gasteiger partial charge in [-0.15, -0.1) is 0 Å². The zero-order valence-electron chi connectivity index (χ0n) is 24.4. The van der Waals surface area contributed by atoms with Gasteiger partial charge in [-0.3, -0.25) is 18.1 Å². The Morgan fingerprint density at radius 1 is 1.13 bits per heavy atom. The van der Waals surface area contributed by atoms with Crippen molar-refractivity contribution in [2.75, 3.05) is 68.7 Å². The van der Waals surface area contributed by atoms with Crippen LogP contribution in [-0.4, -0.2) is 83.7 Å². The number of ether oxygens (including phenoxy) is 1. The van der Waals surface area contributed by atoms with E-state index in [4.69, 9.17) is 24.7 Å². The first-order chi connectivity index (χ1) is 21.6. The zero-order chi connectivity index (χ0) is 31.6. The van der Waals surface area contributed by atoms with Crippen LogP contribution in [0.1, 0.15) is 17.5 Å². The average molecular weight is 665 g/mol. The molecule has 0 spiro atoms. The number of alkyl halides is 3. The molecule has 3 aliphatic rings. The molecular formula is C30H32ClF3N6O4S. The van der Waals surface area contributed by atoms with E-state index in [1.165, 1.54) is 18.5 Å². The average Bonchev–Trinajstić information content (AvgIpc) is 3.24. The summed E-state index contributed by atoms with van der Waals surface area (Å²) in [6.07, 6.45) is 1.31. The van der Waals surface area contributed by atoms with Crippen molar-refractivity contribution in [3.63, 3.8) is 0 Å². The third-order valence-electron chi connectivity index (χ3n) is 7.78. The molecule has 2 fully saturated rings. The van der Waals surface area contributed by atoms with Gasteiger partial charge in [-0.1, -0.05) is 17.7 Å². The Morgan fingerprint density at radius 2 is 1.93 bits per heavy atom. The van der Waals surface area contributed by atoms with E-state index in [1.54, 1.807) is 18.2 Å². The van der Waals surface area contributed by atoms with Crippen molar-refractivity contribution in [2.45, 2.75) is 12.6 Å². The van der Waals surface area contributed by atoms with E-state index in [1.807, 2.05) is 17.2 Å². The van der Waals surface area contributed by atoms with Gasteiger partial charge < -0.3 is 20.3 Å². The number of nitrogens with one attached hydrogen (secondary N) is 2. The molecule has 10 nitrogen and oxygen atoms in total. The summed E-state index contributed by atoms with van der Waals surface area (Å²) in [6.45, 7) is 4.63. The Bertz CT molecular complexity index is 1600. The molecule has 1 aromatic heterocycles. The van der Waals surface area contributed by atoms with E-state index in [0.717, 1.165) is 37.5 Å². The molecule has 240 valence electrons. The lowest BCUT2D eigenvalue weighted by Crippen LogP contribution is -2.50. The molecule has 2 saturated heterocycles. The maximum absolute atomic E-state index is 13.6. The summed E-state index contributed by atoms with van der Waals surface area (Å²) in [4.78, 5) is 26.6. The van der Waals surface area contributed by atoms with Crippen LogP contribution in [0.3, 0.4) is 0 Å². The molecule has 0 saturated carbocycles. The van der Waals surface area contributed by atoms with E-state index in [2.05, 4.69) is 25.5 Å². The van der Waals surface area contributed by atoms with E-state index >= 15 is 0 Å². The van der Waals surface area contributed by atoms with Gasteiger partial charge in [-0.2, -0.15) is 23.8 Å². The fraction of sp³-hybridized carbons (Fsp3) is 0.367. The third-order valence-corrected chi connectivity index (χ3v) is 10.2. The van der Waals surface area contributed by atoms with E-state index < -0.39 is 22.3 Å². The van der Waals surface area contributed by atoms with Crippen LogP contribution in [0.4, 0.5) is 30.5 Å². The Labute approximate surface area is 265 Å². The molecule has 0 bridgehead atoms. The minimum Gasteiger partial charge on any atom is -0.456 e. The van der Waals surface area contributed by atoms with Crippen molar-refractivity contribution in [3.8, 4) is 11.5 Å². The van der Waals surface area contributed by atoms with Crippen LogP contribution in [0.2, 0.25) is 5.02 Å². The molecule has 3 aliphatic heterocycles. The number of benzene rings is 2. The molecule has 0 radical (unpaired) electrons. The SMILES string of the molecule is CS1(CCN2CCN(C(=O)C3=Cc4c(ncnc4Nc4ccc(Oc5cccc(C(F)(F)F)c5)c(Cl)c4)NCC3)CC2)OCO1. The fourth-order valence-corrected chi connectivity index (χ4v) is 6.64. The number of halogens is 4. The molecule has 15 heteroatoms. The highest BCUT2D eigenvalue weighted by molar-refractivity contribution is 8.26. The quantitative estimate of drug-likeness (QED) is 0.288. The van der Waals surface area contributed by atoms with Gasteiger partial charge in [0, 0.05) is 56.8 Å². The highest BCUT2D eigenvalue weighted by atomic mass is 35.5. The van der Waals surface area contributed by atoms with Crippen LogP contribution < -0.4 is 15.4 Å². The predicted octanol–water partition coefficient (Wildman–Crippen LogP) is 6.30. The second kappa shape index (κ2) is 13.0. The molecule has 3 aromatic rings. The summed E-state index contributed by atoms with van der Waals surface area (Å²) < 4.78 is 56.1. The molecule has 45 heavy (non-hydrogen) atoms. The molecule has 2 N–H and O–H groups in total. The van der Waals surface area contributed by atoms with E-state index in [9.17, 15) is 18.0 Å². The Kier molecular flexibility index (Phi) is 9.11. The third kappa shape index (κ3) is 7.47. The molecule has 0 atom stereocenters. The molecule has 1 amide bonds. The molecule has 2 aromatic carbocycles. The number of fused-ring (bicyclic) bond motifs is 1. The normalized spacial score (nSPS) is 18.9. The molecular weight excluding hydrogens is 633 g/mol. The first kappa shape index (κ1) is 31.4. The molecule has 0 unspecified atom stereocenters. The van der Waals surface area contributed by atoms with Crippen LogP contribution in [0.15, 0.2) is 54.4 Å². The second-order valence-electron chi connectivity index (χ2n) is 10.8. The van der Waals surface area contributed by atoms with Crippen molar-refractivity contribution in [1.29, 1.82) is 0 Å². The molecule has 0 aliphatic carbocycles. The van der Waals surface area contributed by atoms with Gasteiger partial charge in [0.25, 0.3) is 0 Å². The van der Waals surface area contributed by atoms with Crippen LogP contribution in [-0.2, 0) is 19.3 Å². The topological polar surface area (TPSA) is 101 Å². The number of nitrogens with zero attached hydrogens (tertiary/aromatic N) is 4. The van der Waals surface area contributed by atoms with Gasteiger partial charge in [0.05, 0.1) is 21.9 Å². The minimum absolute atomic E-state index is 0.0107. The van der Waals surface area contributed by atoms with Crippen LogP contribution in [0.25, 0.3) is 6.08 Å². The summed E-state index contributed by atoms with van der Waals surface area (Å²) in [5, 5.41) is 6.69. The predicted molar refractivity (Wildman–Crippen MR) is 168 cm³/mol. The minimum atomic E-state index is -4.49. The van der Waals surface area contributed by atoms with E-state index in [0.29, 0.717) is 61.3 Å². The first-order valence-electron chi connectivity index (χ1n) is 14.3. The van der Waals surface area contributed by atoms with Gasteiger partial charge in [-0.25, -0.2) is 9.97 Å².